The number of carbonyl (C=O) groups excluding carboxylic acids is 1. The molecular weight excluding hydrogens is 349 g/mol. The van der Waals surface area contributed by atoms with Crippen molar-refractivity contribution in [3.63, 3.8) is 0 Å². The second kappa shape index (κ2) is 6.49. The van der Waals surface area contributed by atoms with Crippen LogP contribution in [0.2, 0.25) is 0 Å². The van der Waals surface area contributed by atoms with Gasteiger partial charge in [-0.25, -0.2) is 26.7 Å². The lowest BCUT2D eigenvalue weighted by Gasteiger charge is -2.11. The summed E-state index contributed by atoms with van der Waals surface area (Å²) < 4.78 is 67.3. The first-order valence-electron chi connectivity index (χ1n) is 6.30. The molecule has 0 atom stereocenters. The Balaban J connectivity index is 2.44. The SMILES string of the molecule is COc1ccc(S(N)(=O)=O)cc1C(=O)Nc1cc(F)c(F)cc1F. The van der Waals surface area contributed by atoms with Gasteiger partial charge in [0.1, 0.15) is 11.6 Å². The highest BCUT2D eigenvalue weighted by molar-refractivity contribution is 7.89. The van der Waals surface area contributed by atoms with Crippen molar-refractivity contribution in [3.05, 3.63) is 53.3 Å². The molecule has 0 spiro atoms. The fourth-order valence-electron chi connectivity index (χ4n) is 1.85. The molecule has 0 radical (unpaired) electrons. The molecule has 0 heterocycles. The van der Waals surface area contributed by atoms with Crippen LogP contribution in [0.1, 0.15) is 10.4 Å². The predicted octanol–water partition coefficient (Wildman–Crippen LogP) is 2.01. The Morgan fingerprint density at radius 1 is 1.08 bits per heavy atom. The van der Waals surface area contributed by atoms with Crippen molar-refractivity contribution < 1.29 is 31.1 Å². The lowest BCUT2D eigenvalue weighted by atomic mass is 10.1. The van der Waals surface area contributed by atoms with Gasteiger partial charge in [0, 0.05) is 12.1 Å². The molecular formula is C14H11F3N2O4S. The molecule has 0 aliphatic rings. The molecule has 24 heavy (non-hydrogen) atoms. The number of anilines is 1. The van der Waals surface area contributed by atoms with E-state index in [0.717, 1.165) is 12.1 Å². The minimum atomic E-state index is -4.10. The Kier molecular flexibility index (Phi) is 4.81. The van der Waals surface area contributed by atoms with E-state index in [1.54, 1.807) is 0 Å². The maximum absolute atomic E-state index is 13.6. The number of nitrogens with two attached hydrogens (primary N) is 1. The van der Waals surface area contributed by atoms with Crippen molar-refractivity contribution in [2.75, 3.05) is 12.4 Å². The molecule has 0 saturated carbocycles. The standard InChI is InChI=1S/C14H11F3N2O4S/c1-23-13-3-2-7(24(18,21)22)4-8(13)14(20)19-12-6-10(16)9(15)5-11(12)17/h2-6H,1H3,(H,19,20)(H2,18,21,22). The van der Waals surface area contributed by atoms with Crippen LogP contribution >= 0.6 is 0 Å². The number of hydrogen-bond donors (Lipinski definition) is 2. The van der Waals surface area contributed by atoms with Crippen LogP contribution in [-0.2, 0) is 10.0 Å². The number of rotatable bonds is 4. The summed E-state index contributed by atoms with van der Waals surface area (Å²) in [5, 5.41) is 6.99. The second-order valence-electron chi connectivity index (χ2n) is 4.61. The maximum atomic E-state index is 13.6. The summed E-state index contributed by atoms with van der Waals surface area (Å²) in [5.41, 5.74) is -0.907. The minimum Gasteiger partial charge on any atom is -0.496 e. The number of carbonyl (C=O) groups is 1. The molecule has 2 aromatic rings. The first-order chi connectivity index (χ1) is 11.1. The summed E-state index contributed by atoms with van der Waals surface area (Å²) in [5.74, 6) is -5.01. The third-order valence-corrected chi connectivity index (χ3v) is 3.91. The van der Waals surface area contributed by atoms with Gasteiger partial charge in [-0.3, -0.25) is 4.79 Å². The number of halogens is 3. The molecule has 1 amide bonds. The van der Waals surface area contributed by atoms with Crippen molar-refractivity contribution in [3.8, 4) is 5.75 Å². The first kappa shape index (κ1) is 17.8. The fourth-order valence-corrected chi connectivity index (χ4v) is 2.39. The van der Waals surface area contributed by atoms with Crippen molar-refractivity contribution in [2.45, 2.75) is 4.90 Å². The molecule has 2 rings (SSSR count). The summed E-state index contributed by atoms with van der Waals surface area (Å²) in [7, 11) is -2.87. The Morgan fingerprint density at radius 3 is 2.29 bits per heavy atom. The number of sulfonamides is 1. The summed E-state index contributed by atoms with van der Waals surface area (Å²) in [4.78, 5) is 11.8. The summed E-state index contributed by atoms with van der Waals surface area (Å²) in [6.07, 6.45) is 0. The van der Waals surface area contributed by atoms with Gasteiger partial charge in [-0.15, -0.1) is 0 Å². The van der Waals surface area contributed by atoms with E-state index >= 15 is 0 Å². The number of primary sulfonamides is 1. The molecule has 3 N–H and O–H groups in total. The number of amides is 1. The van der Waals surface area contributed by atoms with Crippen LogP contribution in [0.3, 0.4) is 0 Å². The molecule has 0 unspecified atom stereocenters. The van der Waals surface area contributed by atoms with Gasteiger partial charge in [0.25, 0.3) is 5.91 Å². The van der Waals surface area contributed by atoms with Crippen LogP contribution in [0.25, 0.3) is 0 Å². The van der Waals surface area contributed by atoms with E-state index in [1.165, 1.54) is 13.2 Å². The number of nitrogens with one attached hydrogen (secondary N) is 1. The smallest absolute Gasteiger partial charge is 0.259 e. The summed E-state index contributed by atoms with van der Waals surface area (Å²) in [6, 6.07) is 3.93. The molecule has 10 heteroatoms. The highest BCUT2D eigenvalue weighted by Crippen LogP contribution is 2.24. The quantitative estimate of drug-likeness (QED) is 0.815. The van der Waals surface area contributed by atoms with Crippen molar-refractivity contribution in [1.82, 2.24) is 0 Å². The van der Waals surface area contributed by atoms with Crippen LogP contribution in [0.15, 0.2) is 35.2 Å². The van der Waals surface area contributed by atoms with Gasteiger partial charge in [0.05, 0.1) is 23.3 Å². The topological polar surface area (TPSA) is 98.5 Å². The van der Waals surface area contributed by atoms with E-state index in [4.69, 9.17) is 9.88 Å². The van der Waals surface area contributed by atoms with Crippen LogP contribution in [-0.4, -0.2) is 21.4 Å². The molecule has 0 bridgehead atoms. The zero-order valence-corrected chi connectivity index (χ0v) is 13.0. The van der Waals surface area contributed by atoms with Crippen LogP contribution in [0.5, 0.6) is 5.75 Å². The molecule has 0 fully saturated rings. The zero-order valence-electron chi connectivity index (χ0n) is 12.1. The lowest BCUT2D eigenvalue weighted by molar-refractivity contribution is 0.102. The van der Waals surface area contributed by atoms with Crippen LogP contribution in [0, 0.1) is 17.5 Å². The van der Waals surface area contributed by atoms with Gasteiger partial charge in [-0.1, -0.05) is 0 Å². The van der Waals surface area contributed by atoms with Gasteiger partial charge >= 0.3 is 0 Å². The third kappa shape index (κ3) is 3.66. The molecule has 0 aliphatic heterocycles. The number of benzene rings is 2. The van der Waals surface area contributed by atoms with Gasteiger partial charge in [0.2, 0.25) is 10.0 Å². The Labute approximate surface area is 135 Å². The summed E-state index contributed by atoms with van der Waals surface area (Å²) in [6.45, 7) is 0. The van der Waals surface area contributed by atoms with Gasteiger partial charge in [-0.2, -0.15) is 0 Å². The van der Waals surface area contributed by atoms with E-state index in [-0.39, 0.29) is 22.3 Å². The number of hydrogen-bond acceptors (Lipinski definition) is 4. The minimum absolute atomic E-state index is 0.0251. The molecule has 0 aliphatic carbocycles. The number of ether oxygens (including phenoxy) is 1. The largest absolute Gasteiger partial charge is 0.496 e. The van der Waals surface area contributed by atoms with Crippen molar-refractivity contribution in [1.29, 1.82) is 0 Å². The fraction of sp³-hybridized carbons (Fsp3) is 0.0714. The number of methoxy groups -OCH3 is 1. The molecule has 0 aromatic heterocycles. The average Bonchev–Trinajstić information content (AvgIpc) is 2.51. The molecule has 0 saturated heterocycles. The van der Waals surface area contributed by atoms with E-state index in [1.807, 2.05) is 5.32 Å². The van der Waals surface area contributed by atoms with Crippen molar-refractivity contribution >= 4 is 21.6 Å². The molecule has 2 aromatic carbocycles. The van der Waals surface area contributed by atoms with Gasteiger partial charge in [0.15, 0.2) is 11.6 Å². The average molecular weight is 360 g/mol. The van der Waals surface area contributed by atoms with Crippen LogP contribution < -0.4 is 15.2 Å². The van der Waals surface area contributed by atoms with E-state index in [0.29, 0.717) is 6.07 Å². The maximum Gasteiger partial charge on any atom is 0.259 e. The zero-order chi connectivity index (χ0) is 18.1. The second-order valence-corrected chi connectivity index (χ2v) is 6.17. The van der Waals surface area contributed by atoms with E-state index < -0.39 is 39.1 Å². The molecule has 128 valence electrons. The van der Waals surface area contributed by atoms with Crippen LogP contribution in [0.4, 0.5) is 18.9 Å². The predicted molar refractivity (Wildman–Crippen MR) is 78.6 cm³/mol. The third-order valence-electron chi connectivity index (χ3n) is 3.00. The van der Waals surface area contributed by atoms with E-state index in [9.17, 15) is 26.4 Å². The molecule has 6 nitrogen and oxygen atoms in total. The normalized spacial score (nSPS) is 11.2. The Morgan fingerprint density at radius 2 is 1.71 bits per heavy atom. The van der Waals surface area contributed by atoms with Gasteiger partial charge in [-0.05, 0) is 18.2 Å². The monoisotopic (exact) mass is 360 g/mol. The lowest BCUT2D eigenvalue weighted by Crippen LogP contribution is -2.17. The summed E-state index contributed by atoms with van der Waals surface area (Å²) >= 11 is 0. The van der Waals surface area contributed by atoms with E-state index in [2.05, 4.69) is 0 Å². The highest BCUT2D eigenvalue weighted by atomic mass is 32.2. The highest BCUT2D eigenvalue weighted by Gasteiger charge is 2.19. The first-order valence-corrected chi connectivity index (χ1v) is 7.85. The Bertz CT molecular complexity index is 916. The Hall–Kier alpha value is -2.59. The van der Waals surface area contributed by atoms with Gasteiger partial charge < -0.3 is 10.1 Å². The van der Waals surface area contributed by atoms with Crippen molar-refractivity contribution in [2.24, 2.45) is 5.14 Å².